The van der Waals surface area contributed by atoms with Crippen molar-refractivity contribution in [2.45, 2.75) is 24.3 Å². The standard InChI is InChI=1S/C25H27N3O7S/c1-4-22(18-13-14-23(34-2)24(15-18)35-3)26-25(29)17-27(19-9-8-10-20(16-19)28(30)31)36(32,33)21-11-6-5-7-12-21/h5-16,22H,4,17H2,1-3H3,(H,26,29). The van der Waals surface area contributed by atoms with Gasteiger partial charge in [-0.25, -0.2) is 8.42 Å². The Hall–Kier alpha value is -4.12. The average molecular weight is 514 g/mol. The quantitative estimate of drug-likeness (QED) is 0.302. The molecule has 0 heterocycles. The number of carbonyl (C=O) groups is 1. The number of anilines is 1. The van der Waals surface area contributed by atoms with Gasteiger partial charge in [-0.05, 0) is 42.3 Å². The van der Waals surface area contributed by atoms with E-state index in [0.717, 1.165) is 15.9 Å². The second-order valence-electron chi connectivity index (χ2n) is 7.74. The number of sulfonamides is 1. The molecule has 0 saturated carbocycles. The zero-order valence-electron chi connectivity index (χ0n) is 20.1. The van der Waals surface area contributed by atoms with Gasteiger partial charge in [-0.3, -0.25) is 19.2 Å². The van der Waals surface area contributed by atoms with Crippen molar-refractivity contribution < 1.29 is 27.6 Å². The van der Waals surface area contributed by atoms with E-state index in [0.29, 0.717) is 17.9 Å². The fraction of sp³-hybridized carbons (Fsp3) is 0.240. The fourth-order valence-electron chi connectivity index (χ4n) is 3.66. The van der Waals surface area contributed by atoms with Crippen LogP contribution in [0.5, 0.6) is 11.5 Å². The first-order valence-electron chi connectivity index (χ1n) is 11.0. The average Bonchev–Trinajstić information content (AvgIpc) is 2.90. The summed E-state index contributed by atoms with van der Waals surface area (Å²) in [4.78, 5) is 23.8. The summed E-state index contributed by atoms with van der Waals surface area (Å²) in [6, 6.07) is 17.5. The number of nitrogens with zero attached hydrogens (tertiary/aromatic N) is 2. The number of rotatable bonds is 11. The molecule has 1 amide bonds. The topological polar surface area (TPSA) is 128 Å². The Labute approximate surface area is 209 Å². The monoisotopic (exact) mass is 513 g/mol. The van der Waals surface area contributed by atoms with Gasteiger partial charge in [-0.15, -0.1) is 0 Å². The van der Waals surface area contributed by atoms with Crippen LogP contribution in [0.2, 0.25) is 0 Å². The lowest BCUT2D eigenvalue weighted by molar-refractivity contribution is -0.384. The van der Waals surface area contributed by atoms with Crippen LogP contribution < -0.4 is 19.1 Å². The summed E-state index contributed by atoms with van der Waals surface area (Å²) in [5.74, 6) is 0.448. The van der Waals surface area contributed by atoms with Gasteiger partial charge < -0.3 is 14.8 Å². The first-order chi connectivity index (χ1) is 17.2. The third-order valence-electron chi connectivity index (χ3n) is 5.50. The predicted octanol–water partition coefficient (Wildman–Crippen LogP) is 4.07. The lowest BCUT2D eigenvalue weighted by Crippen LogP contribution is -2.42. The normalized spacial score (nSPS) is 11.9. The number of non-ortho nitro benzene ring substituents is 1. The number of methoxy groups -OCH3 is 2. The van der Waals surface area contributed by atoms with Crippen molar-refractivity contribution in [2.75, 3.05) is 25.1 Å². The van der Waals surface area contributed by atoms with Gasteiger partial charge in [0.05, 0.1) is 35.8 Å². The Morgan fingerprint density at radius 1 is 1.00 bits per heavy atom. The Balaban J connectivity index is 1.94. The lowest BCUT2D eigenvalue weighted by atomic mass is 10.0. The maximum atomic E-state index is 13.5. The Kier molecular flexibility index (Phi) is 8.49. The molecular weight excluding hydrogens is 486 g/mol. The van der Waals surface area contributed by atoms with Gasteiger partial charge in [0.25, 0.3) is 15.7 Å². The van der Waals surface area contributed by atoms with Crippen molar-refractivity contribution in [1.82, 2.24) is 5.32 Å². The molecule has 36 heavy (non-hydrogen) atoms. The molecule has 3 rings (SSSR count). The highest BCUT2D eigenvalue weighted by molar-refractivity contribution is 7.92. The van der Waals surface area contributed by atoms with Gasteiger partial charge in [-0.1, -0.05) is 37.3 Å². The van der Waals surface area contributed by atoms with Crippen LogP contribution in [-0.4, -0.2) is 40.0 Å². The molecule has 0 spiro atoms. The zero-order chi connectivity index (χ0) is 26.3. The lowest BCUT2D eigenvalue weighted by Gasteiger charge is -2.26. The molecule has 11 heteroatoms. The first kappa shape index (κ1) is 26.5. The van der Waals surface area contributed by atoms with Crippen LogP contribution >= 0.6 is 0 Å². The van der Waals surface area contributed by atoms with E-state index in [9.17, 15) is 23.3 Å². The van der Waals surface area contributed by atoms with E-state index in [-0.39, 0.29) is 16.3 Å². The molecule has 190 valence electrons. The molecule has 0 saturated heterocycles. The summed E-state index contributed by atoms with van der Waals surface area (Å²) >= 11 is 0. The minimum atomic E-state index is -4.21. The number of nitrogens with one attached hydrogen (secondary N) is 1. The van der Waals surface area contributed by atoms with Crippen LogP contribution in [-0.2, 0) is 14.8 Å². The highest BCUT2D eigenvalue weighted by Gasteiger charge is 2.29. The molecule has 1 N–H and O–H groups in total. The summed E-state index contributed by atoms with van der Waals surface area (Å²) in [5, 5.41) is 14.2. The van der Waals surface area contributed by atoms with Crippen LogP contribution in [0.15, 0.2) is 77.7 Å². The minimum absolute atomic E-state index is 0.00219. The molecule has 0 bridgehead atoms. The summed E-state index contributed by atoms with van der Waals surface area (Å²) in [5.41, 5.74) is 0.455. The molecule has 0 radical (unpaired) electrons. The number of nitro benzene ring substituents is 1. The molecular formula is C25H27N3O7S. The second kappa shape index (κ2) is 11.5. The molecule has 0 aliphatic heterocycles. The third kappa shape index (κ3) is 5.92. The molecule has 3 aromatic rings. The van der Waals surface area contributed by atoms with E-state index in [1.807, 2.05) is 6.92 Å². The SMILES string of the molecule is CCC(NC(=O)CN(c1cccc([N+](=O)[O-])c1)S(=O)(=O)c1ccccc1)c1ccc(OC)c(OC)c1. The number of nitro groups is 1. The van der Waals surface area contributed by atoms with Crippen molar-refractivity contribution in [1.29, 1.82) is 0 Å². The van der Waals surface area contributed by atoms with Gasteiger partial charge in [0.2, 0.25) is 5.91 Å². The van der Waals surface area contributed by atoms with Crippen LogP contribution in [0.3, 0.4) is 0 Å². The maximum absolute atomic E-state index is 13.5. The van der Waals surface area contributed by atoms with Crippen LogP contribution in [0, 0.1) is 10.1 Å². The number of hydrogen-bond acceptors (Lipinski definition) is 7. The molecule has 0 aliphatic rings. The van der Waals surface area contributed by atoms with Crippen LogP contribution in [0.25, 0.3) is 0 Å². The summed E-state index contributed by atoms with van der Waals surface area (Å²) in [6.07, 6.45) is 0.517. The maximum Gasteiger partial charge on any atom is 0.271 e. The number of benzene rings is 3. The van der Waals surface area contributed by atoms with Crippen molar-refractivity contribution in [3.63, 3.8) is 0 Å². The van der Waals surface area contributed by atoms with E-state index in [1.54, 1.807) is 36.4 Å². The van der Waals surface area contributed by atoms with Gasteiger partial charge in [0.1, 0.15) is 6.54 Å². The zero-order valence-corrected chi connectivity index (χ0v) is 20.9. The van der Waals surface area contributed by atoms with Crippen molar-refractivity contribution >= 4 is 27.3 Å². The fourth-order valence-corrected chi connectivity index (χ4v) is 5.09. The Morgan fingerprint density at radius 2 is 1.69 bits per heavy atom. The second-order valence-corrected chi connectivity index (χ2v) is 9.61. The number of hydrogen-bond donors (Lipinski definition) is 1. The summed E-state index contributed by atoms with van der Waals surface area (Å²) < 4.78 is 38.4. The van der Waals surface area contributed by atoms with Gasteiger partial charge in [0, 0.05) is 12.1 Å². The van der Waals surface area contributed by atoms with Crippen molar-refractivity contribution in [3.8, 4) is 11.5 Å². The summed E-state index contributed by atoms with van der Waals surface area (Å²) in [6.45, 7) is 1.29. The van der Waals surface area contributed by atoms with Gasteiger partial charge in [-0.2, -0.15) is 0 Å². The molecule has 3 aromatic carbocycles. The van der Waals surface area contributed by atoms with E-state index in [2.05, 4.69) is 5.32 Å². The molecule has 0 fully saturated rings. The Morgan fingerprint density at radius 3 is 2.31 bits per heavy atom. The molecule has 1 atom stereocenters. The van der Waals surface area contributed by atoms with Gasteiger partial charge in [0.15, 0.2) is 11.5 Å². The van der Waals surface area contributed by atoms with Crippen LogP contribution in [0.4, 0.5) is 11.4 Å². The van der Waals surface area contributed by atoms with E-state index in [1.165, 1.54) is 44.6 Å². The van der Waals surface area contributed by atoms with Crippen molar-refractivity contribution in [3.05, 3.63) is 88.5 Å². The highest BCUT2D eigenvalue weighted by atomic mass is 32.2. The highest BCUT2D eigenvalue weighted by Crippen LogP contribution is 2.31. The van der Waals surface area contributed by atoms with Crippen molar-refractivity contribution in [2.24, 2.45) is 0 Å². The molecule has 10 nitrogen and oxygen atoms in total. The van der Waals surface area contributed by atoms with Crippen LogP contribution in [0.1, 0.15) is 24.9 Å². The smallest absolute Gasteiger partial charge is 0.271 e. The summed E-state index contributed by atoms with van der Waals surface area (Å²) in [7, 11) is -1.18. The minimum Gasteiger partial charge on any atom is -0.493 e. The number of ether oxygens (including phenoxy) is 2. The molecule has 0 aromatic heterocycles. The molecule has 0 aliphatic carbocycles. The van der Waals surface area contributed by atoms with E-state index in [4.69, 9.17) is 9.47 Å². The van der Waals surface area contributed by atoms with E-state index < -0.39 is 33.4 Å². The Bertz CT molecular complexity index is 1330. The predicted molar refractivity (Wildman–Crippen MR) is 135 cm³/mol. The number of carbonyl (C=O) groups excluding carboxylic acids is 1. The molecule has 1 unspecified atom stereocenters. The largest absolute Gasteiger partial charge is 0.493 e. The van der Waals surface area contributed by atoms with Gasteiger partial charge >= 0.3 is 0 Å². The van der Waals surface area contributed by atoms with E-state index >= 15 is 0 Å². The third-order valence-corrected chi connectivity index (χ3v) is 7.29. The first-order valence-corrected chi connectivity index (χ1v) is 12.5. The number of amides is 1.